The molecule has 132 valence electrons. The predicted molar refractivity (Wildman–Crippen MR) is 94.1 cm³/mol. The average Bonchev–Trinajstić information content (AvgIpc) is 2.62. The molecule has 0 aliphatic carbocycles. The summed E-state index contributed by atoms with van der Waals surface area (Å²) in [4.78, 5) is 27.0. The van der Waals surface area contributed by atoms with Gasteiger partial charge < -0.3 is 15.2 Å². The van der Waals surface area contributed by atoms with Crippen LogP contribution in [0, 0.1) is 0 Å². The molecule has 0 fully saturated rings. The first kappa shape index (κ1) is 18.4. The van der Waals surface area contributed by atoms with Gasteiger partial charge in [0, 0.05) is 12.4 Å². The summed E-state index contributed by atoms with van der Waals surface area (Å²) >= 11 is 0. The summed E-state index contributed by atoms with van der Waals surface area (Å²) in [6.07, 6.45) is 4.34. The Morgan fingerprint density at radius 1 is 1.20 bits per heavy atom. The highest BCUT2D eigenvalue weighted by atomic mass is 16.5. The van der Waals surface area contributed by atoms with E-state index in [-0.39, 0.29) is 6.42 Å². The Hall–Kier alpha value is -2.89. The normalized spacial score (nSPS) is 11.6. The third-order valence-electron chi connectivity index (χ3n) is 3.71. The zero-order chi connectivity index (χ0) is 18.1. The number of nitrogens with zero attached hydrogens (tertiary/aromatic N) is 1. The van der Waals surface area contributed by atoms with Crippen molar-refractivity contribution in [1.29, 1.82) is 0 Å². The van der Waals surface area contributed by atoms with E-state index in [4.69, 9.17) is 9.84 Å². The van der Waals surface area contributed by atoms with Crippen LogP contribution in [0.5, 0.6) is 0 Å². The quantitative estimate of drug-likeness (QED) is 0.713. The zero-order valence-corrected chi connectivity index (χ0v) is 14.1. The first-order valence-electron chi connectivity index (χ1n) is 8.25. The number of hydrogen-bond acceptors (Lipinski definition) is 4. The predicted octanol–water partition coefficient (Wildman–Crippen LogP) is 3.79. The summed E-state index contributed by atoms with van der Waals surface area (Å²) < 4.78 is 5.06. The van der Waals surface area contributed by atoms with Gasteiger partial charge in [0.25, 0.3) is 0 Å². The molecule has 0 aliphatic heterocycles. The number of hydrogen-bond donors (Lipinski definition) is 2. The van der Waals surface area contributed by atoms with Crippen molar-refractivity contribution in [3.8, 4) is 11.1 Å². The van der Waals surface area contributed by atoms with Crippen LogP contribution in [0.4, 0.5) is 4.79 Å². The molecule has 25 heavy (non-hydrogen) atoms. The highest BCUT2D eigenvalue weighted by Crippen LogP contribution is 2.23. The number of alkyl carbamates (subject to hydrolysis) is 1. The average molecular weight is 342 g/mol. The number of carboxylic acids is 1. The van der Waals surface area contributed by atoms with E-state index in [9.17, 15) is 9.59 Å². The number of aromatic nitrogens is 1. The van der Waals surface area contributed by atoms with E-state index in [1.807, 2.05) is 43.3 Å². The number of rotatable bonds is 8. The van der Waals surface area contributed by atoms with E-state index in [1.165, 1.54) is 0 Å². The Morgan fingerprint density at radius 2 is 1.96 bits per heavy atom. The molecule has 1 unspecified atom stereocenters. The van der Waals surface area contributed by atoms with Gasteiger partial charge in [-0.1, -0.05) is 43.7 Å². The number of pyridine rings is 1. The van der Waals surface area contributed by atoms with Gasteiger partial charge in [-0.15, -0.1) is 0 Å². The Balaban J connectivity index is 2.09. The molecular formula is C19H22N2O4. The van der Waals surface area contributed by atoms with E-state index in [0.717, 1.165) is 24.0 Å². The summed E-state index contributed by atoms with van der Waals surface area (Å²) in [6.45, 7) is 2.32. The van der Waals surface area contributed by atoms with Crippen LogP contribution in [0.1, 0.15) is 37.8 Å². The van der Waals surface area contributed by atoms with Crippen LogP contribution >= 0.6 is 0 Å². The molecule has 6 nitrogen and oxygen atoms in total. The van der Waals surface area contributed by atoms with Crippen molar-refractivity contribution in [2.45, 2.75) is 32.2 Å². The minimum atomic E-state index is -0.991. The second-order valence-corrected chi connectivity index (χ2v) is 5.65. The molecule has 6 heteroatoms. The SMILES string of the molecule is CCCCOC(=O)NC(CC(=O)O)c1ccc(-c2cccnc2)cc1. The molecule has 0 aliphatic rings. The van der Waals surface area contributed by atoms with Crippen LogP contribution in [0.15, 0.2) is 48.8 Å². The van der Waals surface area contributed by atoms with Crippen molar-refractivity contribution in [2.24, 2.45) is 0 Å². The molecule has 0 saturated heterocycles. The molecule has 0 radical (unpaired) electrons. The largest absolute Gasteiger partial charge is 0.481 e. The number of unbranched alkanes of at least 4 members (excludes halogenated alkanes) is 1. The second-order valence-electron chi connectivity index (χ2n) is 5.65. The highest BCUT2D eigenvalue weighted by molar-refractivity contribution is 5.72. The van der Waals surface area contributed by atoms with E-state index < -0.39 is 18.1 Å². The smallest absolute Gasteiger partial charge is 0.407 e. The molecule has 1 aromatic heterocycles. The van der Waals surface area contributed by atoms with Crippen LogP contribution < -0.4 is 5.32 Å². The first-order valence-corrected chi connectivity index (χ1v) is 8.25. The molecule has 1 aromatic carbocycles. The van der Waals surface area contributed by atoms with Crippen LogP contribution in [-0.4, -0.2) is 28.8 Å². The number of ether oxygens (including phenoxy) is 1. The van der Waals surface area contributed by atoms with Crippen molar-refractivity contribution in [3.63, 3.8) is 0 Å². The summed E-state index contributed by atoms with van der Waals surface area (Å²) in [5, 5.41) is 11.7. The summed E-state index contributed by atoms with van der Waals surface area (Å²) in [5.41, 5.74) is 2.65. The molecule has 0 bridgehead atoms. The van der Waals surface area contributed by atoms with Gasteiger partial charge in [0.2, 0.25) is 0 Å². The monoisotopic (exact) mass is 342 g/mol. The van der Waals surface area contributed by atoms with Crippen molar-refractivity contribution in [3.05, 3.63) is 54.4 Å². The lowest BCUT2D eigenvalue weighted by Gasteiger charge is -2.17. The fraction of sp³-hybridized carbons (Fsp3) is 0.316. The molecule has 1 amide bonds. The van der Waals surface area contributed by atoms with Gasteiger partial charge in [0.05, 0.1) is 19.1 Å². The molecule has 2 rings (SSSR count). The number of benzene rings is 1. The summed E-state index contributed by atoms with van der Waals surface area (Å²) in [7, 11) is 0. The van der Waals surface area contributed by atoms with E-state index in [0.29, 0.717) is 12.2 Å². The maximum Gasteiger partial charge on any atom is 0.407 e. The molecule has 0 spiro atoms. The number of carboxylic acid groups (broad SMARTS) is 1. The van der Waals surface area contributed by atoms with Crippen molar-refractivity contribution in [2.75, 3.05) is 6.61 Å². The number of nitrogens with one attached hydrogen (secondary N) is 1. The zero-order valence-electron chi connectivity index (χ0n) is 14.1. The lowest BCUT2D eigenvalue weighted by Crippen LogP contribution is -2.31. The number of carbonyl (C=O) groups is 2. The molecule has 2 aromatic rings. The van der Waals surface area contributed by atoms with Crippen molar-refractivity contribution < 1.29 is 19.4 Å². The van der Waals surface area contributed by atoms with Crippen LogP contribution in [0.3, 0.4) is 0 Å². The summed E-state index contributed by atoms with van der Waals surface area (Å²) in [6, 6.07) is 10.5. The molecular weight excluding hydrogens is 320 g/mol. The molecule has 0 saturated carbocycles. The van der Waals surface area contributed by atoms with Gasteiger partial charge >= 0.3 is 12.1 Å². The van der Waals surface area contributed by atoms with Crippen LogP contribution in [-0.2, 0) is 9.53 Å². The topological polar surface area (TPSA) is 88.5 Å². The van der Waals surface area contributed by atoms with Gasteiger partial charge in [0.1, 0.15) is 0 Å². The first-order chi connectivity index (χ1) is 12.1. The lowest BCUT2D eigenvalue weighted by molar-refractivity contribution is -0.137. The van der Waals surface area contributed by atoms with Gasteiger partial charge in [-0.2, -0.15) is 0 Å². The summed E-state index contributed by atoms with van der Waals surface area (Å²) in [5.74, 6) is -0.991. The Morgan fingerprint density at radius 3 is 2.56 bits per heavy atom. The third-order valence-corrected chi connectivity index (χ3v) is 3.71. The number of amides is 1. The van der Waals surface area contributed by atoms with E-state index in [2.05, 4.69) is 10.3 Å². The number of carbonyl (C=O) groups excluding carboxylic acids is 1. The minimum Gasteiger partial charge on any atom is -0.481 e. The van der Waals surface area contributed by atoms with Gasteiger partial charge in [-0.05, 0) is 29.2 Å². The molecule has 1 atom stereocenters. The molecule has 2 N–H and O–H groups in total. The third kappa shape index (κ3) is 5.91. The fourth-order valence-electron chi connectivity index (χ4n) is 2.36. The van der Waals surface area contributed by atoms with E-state index in [1.54, 1.807) is 12.4 Å². The van der Waals surface area contributed by atoms with Crippen LogP contribution in [0.2, 0.25) is 0 Å². The second kappa shape index (κ2) is 9.42. The van der Waals surface area contributed by atoms with Crippen molar-refractivity contribution in [1.82, 2.24) is 10.3 Å². The fourth-order valence-corrected chi connectivity index (χ4v) is 2.36. The number of aliphatic carboxylic acids is 1. The Kier molecular flexibility index (Phi) is 6.95. The van der Waals surface area contributed by atoms with Gasteiger partial charge in [-0.25, -0.2) is 4.79 Å². The maximum absolute atomic E-state index is 11.8. The minimum absolute atomic E-state index is 0.213. The Labute approximate surface area is 146 Å². The van der Waals surface area contributed by atoms with Crippen molar-refractivity contribution >= 4 is 12.1 Å². The Bertz CT molecular complexity index is 686. The van der Waals surface area contributed by atoms with Gasteiger partial charge in [-0.3, -0.25) is 9.78 Å². The lowest BCUT2D eigenvalue weighted by atomic mass is 10.00. The van der Waals surface area contributed by atoms with Crippen LogP contribution in [0.25, 0.3) is 11.1 Å². The highest BCUT2D eigenvalue weighted by Gasteiger charge is 2.19. The van der Waals surface area contributed by atoms with E-state index >= 15 is 0 Å². The standard InChI is InChI=1S/C19H22N2O4/c1-2-3-11-25-19(24)21-17(12-18(22)23)15-8-6-14(7-9-15)16-5-4-10-20-13-16/h4-10,13,17H,2-3,11-12H2,1H3,(H,21,24)(H,22,23). The molecule has 1 heterocycles. The maximum atomic E-state index is 11.8. The van der Waals surface area contributed by atoms with Gasteiger partial charge in [0.15, 0.2) is 0 Å².